The van der Waals surface area contributed by atoms with Crippen molar-refractivity contribution >= 4 is 0 Å². The Bertz CT molecular complexity index is 204. The normalized spacial score (nSPS) is 22.3. The van der Waals surface area contributed by atoms with Gasteiger partial charge in [0.25, 0.3) is 0 Å². The number of aliphatic hydroxyl groups is 9. The fourth-order valence-electron chi connectivity index (χ4n) is 1.28. The van der Waals surface area contributed by atoms with Gasteiger partial charge in [-0.15, -0.1) is 0 Å². The molecule has 0 saturated carbocycles. The highest BCUT2D eigenvalue weighted by atomic mass is 16.4. The summed E-state index contributed by atoms with van der Waals surface area (Å²) in [6, 6.07) is 0. The Hall–Kier alpha value is -0.360. The van der Waals surface area contributed by atoms with E-state index < -0.39 is 55.9 Å². The van der Waals surface area contributed by atoms with Gasteiger partial charge in [0.2, 0.25) is 0 Å². The second-order valence-corrected chi connectivity index (χ2v) is 3.95. The first-order chi connectivity index (χ1) is 8.27. The first-order valence-electron chi connectivity index (χ1n) is 5.26. The molecular formula is C9H20O9. The minimum absolute atomic E-state index is 0.886. The summed E-state index contributed by atoms with van der Waals surface area (Å²) in [5.41, 5.74) is 0. The molecule has 0 aliphatic carbocycles. The van der Waals surface area contributed by atoms with Gasteiger partial charge in [-0.3, -0.25) is 0 Å². The third kappa shape index (κ3) is 4.39. The summed E-state index contributed by atoms with van der Waals surface area (Å²) in [6.07, 6.45) is -13.7. The van der Waals surface area contributed by atoms with Gasteiger partial charge in [0, 0.05) is 0 Å². The van der Waals surface area contributed by atoms with E-state index in [4.69, 9.17) is 20.4 Å². The average molecular weight is 272 g/mol. The molecule has 0 saturated heterocycles. The molecule has 0 bridgehead atoms. The lowest BCUT2D eigenvalue weighted by Crippen LogP contribution is -2.55. The molecule has 0 aromatic rings. The summed E-state index contributed by atoms with van der Waals surface area (Å²) in [5.74, 6) is 0. The molecular weight excluding hydrogens is 252 g/mol. The minimum atomic E-state index is -2.10. The highest BCUT2D eigenvalue weighted by Crippen LogP contribution is 2.12. The quantitative estimate of drug-likeness (QED) is 0.208. The summed E-state index contributed by atoms with van der Waals surface area (Å²) in [5, 5.41) is 81.8. The molecule has 18 heavy (non-hydrogen) atoms. The van der Waals surface area contributed by atoms with Crippen molar-refractivity contribution < 1.29 is 46.0 Å². The lowest BCUT2D eigenvalue weighted by Gasteiger charge is -2.31. The van der Waals surface area contributed by atoms with Crippen LogP contribution in [0, 0.1) is 0 Å². The van der Waals surface area contributed by atoms with Crippen LogP contribution in [0.15, 0.2) is 0 Å². The van der Waals surface area contributed by atoms with Crippen LogP contribution in [0.25, 0.3) is 0 Å². The Labute approximate surface area is 103 Å². The number of hydrogen-bond acceptors (Lipinski definition) is 9. The van der Waals surface area contributed by atoms with Gasteiger partial charge in [-0.05, 0) is 0 Å². The zero-order chi connectivity index (χ0) is 14.5. The molecule has 1 unspecified atom stereocenters. The predicted octanol–water partition coefficient (Wildman–Crippen LogP) is -5.50. The van der Waals surface area contributed by atoms with Crippen molar-refractivity contribution in [2.75, 3.05) is 13.2 Å². The summed E-state index contributed by atoms with van der Waals surface area (Å²) in [7, 11) is 0. The van der Waals surface area contributed by atoms with E-state index in [0.29, 0.717) is 0 Å². The van der Waals surface area contributed by atoms with Crippen molar-refractivity contribution in [2.24, 2.45) is 0 Å². The van der Waals surface area contributed by atoms with Crippen LogP contribution < -0.4 is 0 Å². The molecule has 0 rings (SSSR count). The lowest BCUT2D eigenvalue weighted by atomic mass is 9.94. The summed E-state index contributed by atoms with van der Waals surface area (Å²) >= 11 is 0. The molecule has 0 amide bonds. The Balaban J connectivity index is 4.57. The smallest absolute Gasteiger partial charge is 0.111 e. The molecule has 0 spiro atoms. The zero-order valence-electron chi connectivity index (χ0n) is 9.48. The van der Waals surface area contributed by atoms with E-state index in [1.54, 1.807) is 0 Å². The zero-order valence-corrected chi connectivity index (χ0v) is 9.48. The van der Waals surface area contributed by atoms with Gasteiger partial charge in [0.15, 0.2) is 0 Å². The second-order valence-electron chi connectivity index (χ2n) is 3.95. The maximum absolute atomic E-state index is 9.41. The van der Waals surface area contributed by atoms with Crippen LogP contribution in [0.2, 0.25) is 0 Å². The van der Waals surface area contributed by atoms with Gasteiger partial charge >= 0.3 is 0 Å². The number of hydrogen-bond donors (Lipinski definition) is 9. The van der Waals surface area contributed by atoms with Gasteiger partial charge in [0.1, 0.15) is 42.7 Å². The predicted molar refractivity (Wildman–Crippen MR) is 56.2 cm³/mol. The van der Waals surface area contributed by atoms with Crippen molar-refractivity contribution in [2.45, 2.75) is 42.7 Å². The van der Waals surface area contributed by atoms with Crippen molar-refractivity contribution in [3.8, 4) is 0 Å². The largest absolute Gasteiger partial charge is 0.394 e. The molecule has 0 aliphatic heterocycles. The molecule has 9 heteroatoms. The molecule has 0 radical (unpaired) electrons. The van der Waals surface area contributed by atoms with Gasteiger partial charge in [-0.1, -0.05) is 0 Å². The van der Waals surface area contributed by atoms with Gasteiger partial charge in [0.05, 0.1) is 13.2 Å². The Morgan fingerprint density at radius 3 is 0.889 bits per heavy atom. The summed E-state index contributed by atoms with van der Waals surface area (Å²) in [6.45, 7) is -1.77. The van der Waals surface area contributed by atoms with E-state index in [2.05, 4.69) is 0 Å². The average Bonchev–Trinajstić information content (AvgIpc) is 2.40. The van der Waals surface area contributed by atoms with Gasteiger partial charge in [-0.25, -0.2) is 0 Å². The van der Waals surface area contributed by atoms with Crippen LogP contribution in [0.3, 0.4) is 0 Å². The third-order valence-electron chi connectivity index (χ3n) is 2.56. The Morgan fingerprint density at radius 1 is 0.444 bits per heavy atom. The van der Waals surface area contributed by atoms with Gasteiger partial charge in [-0.2, -0.15) is 0 Å². The fraction of sp³-hybridized carbons (Fsp3) is 1.00. The minimum Gasteiger partial charge on any atom is -0.394 e. The van der Waals surface area contributed by atoms with E-state index in [1.165, 1.54) is 0 Å². The van der Waals surface area contributed by atoms with E-state index in [1.807, 2.05) is 0 Å². The highest BCUT2D eigenvalue weighted by Gasteiger charge is 2.38. The van der Waals surface area contributed by atoms with Crippen LogP contribution >= 0.6 is 0 Å². The first-order valence-corrected chi connectivity index (χ1v) is 5.26. The molecule has 110 valence electrons. The molecule has 7 atom stereocenters. The number of aliphatic hydroxyl groups excluding tert-OH is 9. The molecule has 0 fully saturated rings. The van der Waals surface area contributed by atoms with E-state index in [9.17, 15) is 25.5 Å². The van der Waals surface area contributed by atoms with Crippen molar-refractivity contribution in [1.29, 1.82) is 0 Å². The van der Waals surface area contributed by atoms with Crippen molar-refractivity contribution in [1.82, 2.24) is 0 Å². The molecule has 0 aliphatic rings. The van der Waals surface area contributed by atoms with Crippen LogP contribution in [-0.2, 0) is 0 Å². The fourth-order valence-corrected chi connectivity index (χ4v) is 1.28. The number of rotatable bonds is 8. The van der Waals surface area contributed by atoms with Crippen LogP contribution in [0.1, 0.15) is 0 Å². The third-order valence-corrected chi connectivity index (χ3v) is 2.56. The lowest BCUT2D eigenvalue weighted by molar-refractivity contribution is -0.172. The SMILES string of the molecule is OC[C@@H](O)[C@@H](O)[C@H](O)C(O)[C@@H](O)[C@@H](O)[C@H](O)CO. The van der Waals surface area contributed by atoms with Crippen LogP contribution in [0.4, 0.5) is 0 Å². The van der Waals surface area contributed by atoms with Crippen LogP contribution in [-0.4, -0.2) is 102 Å². The summed E-state index contributed by atoms with van der Waals surface area (Å²) in [4.78, 5) is 0. The maximum Gasteiger partial charge on any atom is 0.111 e. The van der Waals surface area contributed by atoms with Gasteiger partial charge < -0.3 is 46.0 Å². The van der Waals surface area contributed by atoms with Crippen molar-refractivity contribution in [3.05, 3.63) is 0 Å². The molecule has 9 nitrogen and oxygen atoms in total. The second kappa shape index (κ2) is 7.94. The highest BCUT2D eigenvalue weighted by molar-refractivity contribution is 4.89. The standard InChI is InChI=1S/C9H20O9/c10-1-3(12)5(14)7(16)9(18)8(17)6(15)4(13)2-11/h3-18H,1-2H2/t3-,4-,5-,6+,7+,8+,9?/m1/s1. The Kier molecular flexibility index (Phi) is 7.78. The maximum atomic E-state index is 9.41. The van der Waals surface area contributed by atoms with Crippen LogP contribution in [0.5, 0.6) is 0 Å². The van der Waals surface area contributed by atoms with E-state index in [0.717, 1.165) is 0 Å². The van der Waals surface area contributed by atoms with Crippen molar-refractivity contribution in [3.63, 3.8) is 0 Å². The molecule has 0 aromatic carbocycles. The topological polar surface area (TPSA) is 182 Å². The Morgan fingerprint density at radius 2 is 0.667 bits per heavy atom. The monoisotopic (exact) mass is 272 g/mol. The molecule has 0 heterocycles. The molecule has 0 aromatic heterocycles. The van der Waals surface area contributed by atoms with E-state index in [-0.39, 0.29) is 0 Å². The summed E-state index contributed by atoms with van der Waals surface area (Å²) < 4.78 is 0. The molecule has 9 N–H and O–H groups in total. The van der Waals surface area contributed by atoms with E-state index >= 15 is 0 Å². The first kappa shape index (κ1) is 17.6.